The van der Waals surface area contributed by atoms with Gasteiger partial charge in [-0.2, -0.15) is 0 Å². The van der Waals surface area contributed by atoms with Crippen LogP contribution >= 0.6 is 11.8 Å². The third-order valence-electron chi connectivity index (χ3n) is 4.56. The van der Waals surface area contributed by atoms with E-state index in [1.165, 1.54) is 6.92 Å². The fraction of sp³-hybridized carbons (Fsp3) is 0.550. The summed E-state index contributed by atoms with van der Waals surface area (Å²) in [6.45, 7) is 1.47. The molecule has 0 radical (unpaired) electrons. The number of aromatic nitrogens is 4. The Morgan fingerprint density at radius 1 is 0.969 bits per heavy atom. The van der Waals surface area contributed by atoms with Gasteiger partial charge in [0.1, 0.15) is 17.1 Å². The molecule has 0 unspecified atom stereocenters. The first-order valence-electron chi connectivity index (χ1n) is 9.77. The van der Waals surface area contributed by atoms with E-state index in [0.717, 1.165) is 17.5 Å². The molecule has 2 heterocycles. The van der Waals surface area contributed by atoms with E-state index in [4.69, 9.17) is 10.2 Å². The number of carbonyl (C=O) groups is 3. The third kappa shape index (κ3) is 8.44. The lowest BCUT2D eigenvalue weighted by atomic mass is 10.1. The van der Waals surface area contributed by atoms with Gasteiger partial charge in [-0.3, -0.25) is 24.2 Å². The lowest BCUT2D eigenvalue weighted by Gasteiger charge is -2.19. The summed E-state index contributed by atoms with van der Waals surface area (Å²) in [6.07, 6.45) is 5.81. The number of hydrogen-bond acceptors (Lipinski definition) is 8. The fourth-order valence-corrected chi connectivity index (χ4v) is 3.53. The highest BCUT2D eigenvalue weighted by atomic mass is 32.2. The maximum absolute atomic E-state index is 11.2. The van der Waals surface area contributed by atoms with E-state index in [0.29, 0.717) is 17.1 Å². The van der Waals surface area contributed by atoms with Gasteiger partial charge in [0.2, 0.25) is 0 Å². The molecule has 12 heteroatoms. The van der Waals surface area contributed by atoms with Gasteiger partial charge in [-0.25, -0.2) is 9.97 Å². The molecule has 0 bridgehead atoms. The lowest BCUT2D eigenvalue weighted by Crippen LogP contribution is -2.37. The highest BCUT2D eigenvalue weighted by Gasteiger charge is 2.24. The van der Waals surface area contributed by atoms with Crippen LogP contribution in [0.1, 0.15) is 18.3 Å². The topological polar surface area (TPSA) is 134 Å². The summed E-state index contributed by atoms with van der Waals surface area (Å²) in [5.41, 5.74) is 1.44. The first-order valence-corrected chi connectivity index (χ1v) is 10.6. The van der Waals surface area contributed by atoms with Crippen molar-refractivity contribution in [3.8, 4) is 0 Å². The van der Waals surface area contributed by atoms with Gasteiger partial charge >= 0.3 is 11.9 Å². The number of carboxylic acid groups (broad SMARTS) is 2. The Bertz CT molecular complexity index is 923. The minimum Gasteiger partial charge on any atom is -0.480 e. The Morgan fingerprint density at radius 2 is 1.50 bits per heavy atom. The Labute approximate surface area is 192 Å². The molecule has 2 aromatic rings. The van der Waals surface area contributed by atoms with Crippen LogP contribution in [0.5, 0.6) is 0 Å². The standard InChI is InChI=1S/C11H17N3O3S.C9H15N3O2/c1-7(15)18-10-8(12-6-14(10)4)5-9(11(16)17)13(2)3;1-11(2)8(9(13)14)4-7-5-12(3)6-10-7/h6,9H,5H2,1-4H3,(H,16,17);5-6,8H,4H2,1-3H3,(H,13,14)/t9-;8-/m00/s1. The van der Waals surface area contributed by atoms with Gasteiger partial charge in [0.05, 0.1) is 24.0 Å². The second kappa shape index (κ2) is 12.4. The zero-order valence-electron chi connectivity index (χ0n) is 19.5. The van der Waals surface area contributed by atoms with E-state index in [1.807, 2.05) is 17.8 Å². The van der Waals surface area contributed by atoms with Crippen molar-refractivity contribution in [3.63, 3.8) is 0 Å². The van der Waals surface area contributed by atoms with Crippen LogP contribution in [0.3, 0.4) is 0 Å². The molecule has 0 saturated heterocycles. The molecule has 2 rings (SSSR count). The van der Waals surface area contributed by atoms with Crippen LogP contribution in [0.25, 0.3) is 0 Å². The molecule has 0 saturated carbocycles. The van der Waals surface area contributed by atoms with Crippen LogP contribution in [-0.4, -0.2) is 96.4 Å². The second-order valence-electron chi connectivity index (χ2n) is 7.77. The molecule has 0 aromatic carbocycles. The Kier molecular flexibility index (Phi) is 10.6. The molecule has 0 spiro atoms. The summed E-state index contributed by atoms with van der Waals surface area (Å²) in [6, 6.07) is -1.16. The predicted octanol–water partition coefficient (Wildman–Crippen LogP) is 0.593. The van der Waals surface area contributed by atoms with Crippen LogP contribution in [0.2, 0.25) is 0 Å². The molecule has 2 aromatic heterocycles. The number of nitrogens with zero attached hydrogens (tertiary/aromatic N) is 6. The van der Waals surface area contributed by atoms with Crippen molar-refractivity contribution >= 4 is 28.8 Å². The highest BCUT2D eigenvalue weighted by Crippen LogP contribution is 2.23. The maximum Gasteiger partial charge on any atom is 0.321 e. The van der Waals surface area contributed by atoms with E-state index in [-0.39, 0.29) is 11.5 Å². The van der Waals surface area contributed by atoms with Crippen LogP contribution < -0.4 is 0 Å². The summed E-state index contributed by atoms with van der Waals surface area (Å²) < 4.78 is 3.54. The van der Waals surface area contributed by atoms with Gasteiger partial charge in [0.25, 0.3) is 0 Å². The number of imidazole rings is 2. The molecule has 2 N–H and O–H groups in total. The van der Waals surface area contributed by atoms with Crippen LogP contribution in [-0.2, 0) is 41.3 Å². The number of thioether (sulfide) groups is 1. The van der Waals surface area contributed by atoms with E-state index >= 15 is 0 Å². The Morgan fingerprint density at radius 3 is 1.91 bits per heavy atom. The molecular weight excluding hydrogens is 436 g/mol. The quantitative estimate of drug-likeness (QED) is 0.504. The lowest BCUT2D eigenvalue weighted by molar-refractivity contribution is -0.143. The minimum absolute atomic E-state index is 0.0448. The number of likely N-dealkylation sites (N-methyl/N-ethyl adjacent to an activating group) is 2. The van der Waals surface area contributed by atoms with Crippen molar-refractivity contribution in [2.24, 2.45) is 14.1 Å². The van der Waals surface area contributed by atoms with Crippen LogP contribution in [0.15, 0.2) is 23.9 Å². The fourth-order valence-electron chi connectivity index (χ4n) is 2.81. The molecule has 0 aliphatic rings. The zero-order valence-corrected chi connectivity index (χ0v) is 20.3. The van der Waals surface area contributed by atoms with E-state index < -0.39 is 24.0 Å². The number of hydrogen-bond donors (Lipinski definition) is 2. The van der Waals surface area contributed by atoms with E-state index in [2.05, 4.69) is 9.97 Å². The van der Waals surface area contributed by atoms with E-state index in [1.54, 1.807) is 62.3 Å². The van der Waals surface area contributed by atoms with Crippen LogP contribution in [0, 0.1) is 0 Å². The van der Waals surface area contributed by atoms with Crippen molar-refractivity contribution in [3.05, 3.63) is 30.2 Å². The average molecular weight is 469 g/mol. The normalized spacial score (nSPS) is 12.9. The van der Waals surface area contributed by atoms with Gasteiger partial charge in [0, 0.05) is 40.1 Å². The SMILES string of the molecule is CC(=O)Sc1c(C[C@@H](C(=O)O)N(C)C)ncn1C.CN(C)[C@@H](Cc1cn(C)cn1)C(=O)O. The van der Waals surface area contributed by atoms with Crippen molar-refractivity contribution in [2.45, 2.75) is 36.9 Å². The third-order valence-corrected chi connectivity index (χ3v) is 5.56. The smallest absolute Gasteiger partial charge is 0.321 e. The first-order chi connectivity index (χ1) is 14.8. The number of aliphatic carboxylic acids is 2. The molecule has 2 atom stereocenters. The van der Waals surface area contributed by atoms with Gasteiger partial charge in [-0.1, -0.05) is 0 Å². The summed E-state index contributed by atoms with van der Waals surface area (Å²) in [5, 5.41) is 18.7. The summed E-state index contributed by atoms with van der Waals surface area (Å²) >= 11 is 1.07. The molecule has 178 valence electrons. The maximum atomic E-state index is 11.2. The first kappa shape index (κ1) is 27.3. The molecule has 32 heavy (non-hydrogen) atoms. The number of carboxylic acids is 2. The predicted molar refractivity (Wildman–Crippen MR) is 121 cm³/mol. The minimum atomic E-state index is -0.899. The average Bonchev–Trinajstić information content (AvgIpc) is 3.22. The molecule has 0 aliphatic heterocycles. The molecular formula is C20H32N6O5S. The van der Waals surface area contributed by atoms with Gasteiger partial charge in [-0.15, -0.1) is 0 Å². The number of carbonyl (C=O) groups excluding carboxylic acids is 1. The highest BCUT2D eigenvalue weighted by molar-refractivity contribution is 8.13. The number of aryl methyl sites for hydroxylation is 2. The summed E-state index contributed by atoms with van der Waals surface area (Å²) in [7, 11) is 10.6. The van der Waals surface area contributed by atoms with Crippen molar-refractivity contribution in [1.82, 2.24) is 28.9 Å². The Hall–Kier alpha value is -2.70. The monoisotopic (exact) mass is 468 g/mol. The zero-order chi connectivity index (χ0) is 24.6. The van der Waals surface area contributed by atoms with Gasteiger partial charge < -0.3 is 19.3 Å². The van der Waals surface area contributed by atoms with Crippen LogP contribution in [0.4, 0.5) is 0 Å². The van der Waals surface area contributed by atoms with Gasteiger partial charge in [0.15, 0.2) is 5.12 Å². The summed E-state index contributed by atoms with van der Waals surface area (Å²) in [4.78, 5) is 44.7. The largest absolute Gasteiger partial charge is 0.480 e. The van der Waals surface area contributed by atoms with Crippen molar-refractivity contribution in [1.29, 1.82) is 0 Å². The number of rotatable bonds is 9. The van der Waals surface area contributed by atoms with Crippen molar-refractivity contribution < 1.29 is 24.6 Å². The summed E-state index contributed by atoms with van der Waals surface area (Å²) in [5.74, 6) is -1.72. The van der Waals surface area contributed by atoms with Crippen molar-refractivity contribution in [2.75, 3.05) is 28.2 Å². The van der Waals surface area contributed by atoms with Gasteiger partial charge in [-0.05, 0) is 40.0 Å². The molecule has 11 nitrogen and oxygen atoms in total. The Balaban J connectivity index is 0.000000330. The molecule has 0 aliphatic carbocycles. The molecule has 0 fully saturated rings. The molecule has 0 amide bonds. The second-order valence-corrected chi connectivity index (χ2v) is 8.94. The van der Waals surface area contributed by atoms with E-state index in [9.17, 15) is 14.4 Å².